The second kappa shape index (κ2) is 8.67. The second-order valence-corrected chi connectivity index (χ2v) is 9.77. The Bertz CT molecular complexity index is 1220. The third-order valence-electron chi connectivity index (χ3n) is 6.19. The number of carbonyl (C=O) groups excluding carboxylic acids is 1. The molecule has 3 aromatic rings. The number of hydrogen-bond donors (Lipinski definition) is 1. The molecule has 1 amide bonds. The molecule has 1 unspecified atom stereocenters. The third kappa shape index (κ3) is 4.28. The molecule has 0 aromatic carbocycles. The van der Waals surface area contributed by atoms with E-state index >= 15 is 0 Å². The number of carbonyl (C=O) groups is 1. The number of thiophene rings is 1. The van der Waals surface area contributed by atoms with Gasteiger partial charge in [-0.15, -0.1) is 21.5 Å². The molecule has 2 aliphatic heterocycles. The summed E-state index contributed by atoms with van der Waals surface area (Å²) in [5, 5.41) is 11.4. The van der Waals surface area contributed by atoms with Crippen LogP contribution in [0.4, 0.5) is 24.9 Å². The molecule has 1 atom stereocenters. The summed E-state index contributed by atoms with van der Waals surface area (Å²) in [7, 11) is 0. The lowest BCUT2D eigenvalue weighted by Gasteiger charge is -2.29. The highest BCUT2D eigenvalue weighted by Crippen LogP contribution is 2.35. The van der Waals surface area contributed by atoms with Gasteiger partial charge in [-0.3, -0.25) is 4.79 Å². The van der Waals surface area contributed by atoms with Gasteiger partial charge in [0, 0.05) is 44.0 Å². The number of alkyl halides is 3. The van der Waals surface area contributed by atoms with Crippen LogP contribution in [0.2, 0.25) is 0 Å². The van der Waals surface area contributed by atoms with Gasteiger partial charge in [0.25, 0.3) is 0 Å². The summed E-state index contributed by atoms with van der Waals surface area (Å²) >= 11 is 1.61. The molecule has 0 spiro atoms. The Morgan fingerprint density at radius 2 is 2.06 bits per heavy atom. The van der Waals surface area contributed by atoms with Gasteiger partial charge in [-0.1, -0.05) is 13.3 Å². The second-order valence-electron chi connectivity index (χ2n) is 8.66. The van der Waals surface area contributed by atoms with Crippen LogP contribution in [0.1, 0.15) is 43.2 Å². The number of hydrogen-bond acceptors (Lipinski definition) is 8. The van der Waals surface area contributed by atoms with Crippen molar-refractivity contribution in [2.75, 3.05) is 29.9 Å². The summed E-state index contributed by atoms with van der Waals surface area (Å²) in [6.45, 7) is 5.59. The van der Waals surface area contributed by atoms with Crippen molar-refractivity contribution < 1.29 is 18.0 Å². The Labute approximate surface area is 198 Å². The Balaban J connectivity index is 1.47. The van der Waals surface area contributed by atoms with Gasteiger partial charge in [-0.05, 0) is 18.9 Å². The molecule has 0 bridgehead atoms. The van der Waals surface area contributed by atoms with Crippen molar-refractivity contribution in [1.82, 2.24) is 29.6 Å². The molecule has 1 fully saturated rings. The van der Waals surface area contributed by atoms with Crippen LogP contribution in [-0.2, 0) is 30.5 Å². The largest absolute Gasteiger partial charge is 0.451 e. The van der Waals surface area contributed by atoms with Crippen LogP contribution in [0.5, 0.6) is 0 Å². The van der Waals surface area contributed by atoms with Crippen molar-refractivity contribution in [3.63, 3.8) is 0 Å². The molecular formula is C21H25F3N8OS. The van der Waals surface area contributed by atoms with E-state index in [1.54, 1.807) is 23.2 Å². The molecule has 182 valence electrons. The van der Waals surface area contributed by atoms with Crippen molar-refractivity contribution in [3.05, 3.63) is 22.6 Å². The average molecular weight is 495 g/mol. The minimum absolute atomic E-state index is 0.0412. The molecule has 0 saturated carbocycles. The molecule has 5 rings (SSSR count). The monoisotopic (exact) mass is 494 g/mol. The van der Waals surface area contributed by atoms with Gasteiger partial charge in [0.05, 0.1) is 11.9 Å². The van der Waals surface area contributed by atoms with E-state index < -0.39 is 12.0 Å². The van der Waals surface area contributed by atoms with Gasteiger partial charge < -0.3 is 19.7 Å². The van der Waals surface area contributed by atoms with E-state index in [1.807, 2.05) is 4.90 Å². The van der Waals surface area contributed by atoms with E-state index in [0.29, 0.717) is 31.4 Å². The number of likely N-dealkylation sites (tertiary alicyclic amines) is 1. The minimum Gasteiger partial charge on any atom is -0.350 e. The highest BCUT2D eigenvalue weighted by molar-refractivity contribution is 7.18. The molecule has 3 aromatic heterocycles. The summed E-state index contributed by atoms with van der Waals surface area (Å²) in [5.74, 6) is 0.478. The number of amides is 1. The number of rotatable bonds is 5. The van der Waals surface area contributed by atoms with Gasteiger partial charge in [-0.2, -0.15) is 18.2 Å². The number of anilines is 2. The van der Waals surface area contributed by atoms with Crippen molar-refractivity contribution in [3.8, 4) is 0 Å². The van der Waals surface area contributed by atoms with Gasteiger partial charge in [-0.25, -0.2) is 4.98 Å². The first-order chi connectivity index (χ1) is 16.2. The number of halogens is 3. The fourth-order valence-electron chi connectivity index (χ4n) is 4.53. The third-order valence-corrected chi connectivity index (χ3v) is 7.28. The maximum atomic E-state index is 13.2. The maximum absolute atomic E-state index is 13.2. The zero-order valence-electron chi connectivity index (χ0n) is 18.9. The maximum Gasteiger partial charge on any atom is 0.451 e. The van der Waals surface area contributed by atoms with E-state index in [4.69, 9.17) is 9.97 Å². The van der Waals surface area contributed by atoms with E-state index in [-0.39, 0.29) is 30.9 Å². The summed E-state index contributed by atoms with van der Waals surface area (Å²) in [6.07, 6.45) is -1.82. The summed E-state index contributed by atoms with van der Waals surface area (Å²) < 4.78 is 40.9. The van der Waals surface area contributed by atoms with Crippen LogP contribution in [0.15, 0.2) is 6.07 Å². The predicted molar refractivity (Wildman–Crippen MR) is 122 cm³/mol. The highest BCUT2D eigenvalue weighted by atomic mass is 32.1. The Morgan fingerprint density at radius 1 is 1.24 bits per heavy atom. The summed E-state index contributed by atoms with van der Waals surface area (Å²) in [5.41, 5.74) is 0. The minimum atomic E-state index is -4.54. The molecule has 1 N–H and O–H groups in total. The molecule has 5 heterocycles. The number of fused-ring (bicyclic) bond motifs is 2. The molecule has 0 aliphatic carbocycles. The number of nitrogens with one attached hydrogen (secondary N) is 1. The first-order valence-electron chi connectivity index (χ1n) is 11.3. The molecule has 13 heteroatoms. The first-order valence-corrected chi connectivity index (χ1v) is 12.1. The van der Waals surface area contributed by atoms with Crippen molar-refractivity contribution in [2.24, 2.45) is 0 Å². The van der Waals surface area contributed by atoms with E-state index in [0.717, 1.165) is 34.0 Å². The standard InChI is InChI=1S/C21H25F3N8OS/c1-3-4-14-9-15-17(31-7-8-32-16(11-31)28-29-19(32)21(22,23)24)26-20(27-18(15)34-14)25-13-5-6-30(10-13)12(2)33/h9,13H,3-8,10-11H2,1-2H3,(H,25,26,27). The number of aromatic nitrogens is 5. The molecular weight excluding hydrogens is 469 g/mol. The van der Waals surface area contributed by atoms with Crippen molar-refractivity contribution in [2.45, 2.75) is 58.4 Å². The lowest BCUT2D eigenvalue weighted by atomic mass is 10.2. The van der Waals surface area contributed by atoms with Gasteiger partial charge in [0.2, 0.25) is 17.7 Å². The van der Waals surface area contributed by atoms with E-state index in [1.165, 1.54) is 4.88 Å². The fraction of sp³-hybridized carbons (Fsp3) is 0.571. The molecule has 34 heavy (non-hydrogen) atoms. The Kier molecular flexibility index (Phi) is 5.82. The average Bonchev–Trinajstić information content (AvgIpc) is 3.50. The molecule has 0 radical (unpaired) electrons. The molecule has 2 aliphatic rings. The normalized spacial score (nSPS) is 18.6. The lowest BCUT2D eigenvalue weighted by Crippen LogP contribution is -2.36. The predicted octanol–water partition coefficient (Wildman–Crippen LogP) is 3.31. The summed E-state index contributed by atoms with van der Waals surface area (Å²) in [4.78, 5) is 27.0. The highest BCUT2D eigenvalue weighted by Gasteiger charge is 2.40. The first kappa shape index (κ1) is 22.8. The lowest BCUT2D eigenvalue weighted by molar-refractivity contribution is -0.147. The van der Waals surface area contributed by atoms with Crippen LogP contribution < -0.4 is 10.2 Å². The van der Waals surface area contributed by atoms with Crippen LogP contribution in [0, 0.1) is 0 Å². The van der Waals surface area contributed by atoms with Crippen molar-refractivity contribution >= 4 is 39.2 Å². The zero-order chi connectivity index (χ0) is 24.0. The van der Waals surface area contributed by atoms with Gasteiger partial charge >= 0.3 is 6.18 Å². The Hall–Kier alpha value is -2.96. The van der Waals surface area contributed by atoms with Crippen LogP contribution >= 0.6 is 11.3 Å². The number of nitrogens with zero attached hydrogens (tertiary/aromatic N) is 7. The summed E-state index contributed by atoms with van der Waals surface area (Å²) in [6, 6.07) is 2.12. The van der Waals surface area contributed by atoms with Gasteiger partial charge in [0.1, 0.15) is 10.6 Å². The van der Waals surface area contributed by atoms with Crippen LogP contribution in [0.3, 0.4) is 0 Å². The van der Waals surface area contributed by atoms with E-state index in [2.05, 4.69) is 28.5 Å². The zero-order valence-corrected chi connectivity index (χ0v) is 19.7. The molecule has 9 nitrogen and oxygen atoms in total. The smallest absolute Gasteiger partial charge is 0.350 e. The molecule has 1 saturated heterocycles. The Morgan fingerprint density at radius 3 is 2.76 bits per heavy atom. The topological polar surface area (TPSA) is 92.1 Å². The van der Waals surface area contributed by atoms with Crippen molar-refractivity contribution in [1.29, 1.82) is 0 Å². The van der Waals surface area contributed by atoms with Gasteiger partial charge in [0.15, 0.2) is 5.82 Å². The fourth-order valence-corrected chi connectivity index (χ4v) is 5.65. The SMILES string of the molecule is CCCc1cc2c(N3CCn4c(nnc4C(F)(F)F)C3)nc(NC3CCN(C(C)=O)C3)nc2s1. The van der Waals surface area contributed by atoms with E-state index in [9.17, 15) is 18.0 Å². The quantitative estimate of drug-likeness (QED) is 0.582. The number of aryl methyl sites for hydroxylation is 1. The van der Waals surface area contributed by atoms with Crippen LogP contribution in [0.25, 0.3) is 10.2 Å². The van der Waals surface area contributed by atoms with Crippen LogP contribution in [-0.4, -0.2) is 61.2 Å².